The van der Waals surface area contributed by atoms with Crippen LogP contribution in [0.3, 0.4) is 0 Å². The Morgan fingerprint density at radius 1 is 1.09 bits per heavy atom. The molecule has 1 aromatic carbocycles. The molecule has 23 heavy (non-hydrogen) atoms. The lowest BCUT2D eigenvalue weighted by atomic mass is 9.83. The molecule has 1 saturated carbocycles. The Hall–Kier alpha value is -0.580. The van der Waals surface area contributed by atoms with Crippen molar-refractivity contribution >= 4 is 30.5 Å². The first-order chi connectivity index (χ1) is 9.96. The average molecular weight is 367 g/mol. The van der Waals surface area contributed by atoms with Crippen LogP contribution in [0.15, 0.2) is 24.3 Å². The molecule has 2 aliphatic rings. The molecule has 0 bridgehead atoms. The number of rotatable bonds is 2. The SMILES string of the molecule is CC1(C)CN(c2ccc(C(F)F)cc2)[C@H]2CCCC[C@@H]2N1.Cl.Cl. The van der Waals surface area contributed by atoms with E-state index < -0.39 is 6.43 Å². The van der Waals surface area contributed by atoms with Gasteiger partial charge in [-0.2, -0.15) is 0 Å². The molecule has 0 amide bonds. The molecule has 1 N–H and O–H groups in total. The van der Waals surface area contributed by atoms with Crippen LogP contribution >= 0.6 is 24.8 Å². The van der Waals surface area contributed by atoms with Gasteiger partial charge in [0, 0.05) is 35.4 Å². The summed E-state index contributed by atoms with van der Waals surface area (Å²) in [6.07, 6.45) is 2.54. The van der Waals surface area contributed by atoms with Crippen LogP contribution in [-0.2, 0) is 0 Å². The summed E-state index contributed by atoms with van der Waals surface area (Å²) in [4.78, 5) is 2.43. The molecule has 0 spiro atoms. The molecular weight excluding hydrogens is 341 g/mol. The van der Waals surface area contributed by atoms with Gasteiger partial charge < -0.3 is 10.2 Å². The number of hydrogen-bond acceptors (Lipinski definition) is 2. The quantitative estimate of drug-likeness (QED) is 0.794. The number of piperazine rings is 1. The minimum atomic E-state index is -2.39. The highest BCUT2D eigenvalue weighted by Gasteiger charge is 2.40. The van der Waals surface area contributed by atoms with E-state index >= 15 is 0 Å². The van der Waals surface area contributed by atoms with E-state index in [2.05, 4.69) is 24.1 Å². The lowest BCUT2D eigenvalue weighted by Crippen LogP contribution is -2.67. The van der Waals surface area contributed by atoms with Crippen LogP contribution < -0.4 is 10.2 Å². The summed E-state index contributed by atoms with van der Waals surface area (Å²) in [7, 11) is 0. The molecule has 1 aliphatic heterocycles. The van der Waals surface area contributed by atoms with Gasteiger partial charge in [-0.05, 0) is 38.8 Å². The zero-order chi connectivity index (χ0) is 15.0. The average Bonchev–Trinajstić information content (AvgIpc) is 2.45. The van der Waals surface area contributed by atoms with E-state index in [1.807, 2.05) is 12.1 Å². The zero-order valence-electron chi connectivity index (χ0n) is 13.6. The van der Waals surface area contributed by atoms with Crippen molar-refractivity contribution in [3.63, 3.8) is 0 Å². The van der Waals surface area contributed by atoms with Gasteiger partial charge in [-0.15, -0.1) is 24.8 Å². The van der Waals surface area contributed by atoms with Crippen molar-refractivity contribution in [2.75, 3.05) is 11.4 Å². The number of alkyl halides is 2. The summed E-state index contributed by atoms with van der Waals surface area (Å²) in [6, 6.07) is 7.84. The molecule has 1 saturated heterocycles. The Labute approximate surface area is 149 Å². The highest BCUT2D eigenvalue weighted by molar-refractivity contribution is 5.85. The first-order valence-corrected chi connectivity index (χ1v) is 7.89. The van der Waals surface area contributed by atoms with E-state index in [0.29, 0.717) is 12.1 Å². The zero-order valence-corrected chi connectivity index (χ0v) is 15.2. The van der Waals surface area contributed by atoms with Crippen LogP contribution in [0.5, 0.6) is 0 Å². The van der Waals surface area contributed by atoms with Crippen LogP contribution in [0.4, 0.5) is 14.5 Å². The van der Waals surface area contributed by atoms with Gasteiger partial charge in [0.1, 0.15) is 0 Å². The standard InChI is InChI=1S/C17H24F2N2.2ClH/c1-17(2)11-21(15-6-4-3-5-14(15)20-17)13-9-7-12(8-10-13)16(18)19;;/h7-10,14-16,20H,3-6,11H2,1-2H3;2*1H/t14-,15-;;/m0../s1. The lowest BCUT2D eigenvalue weighted by Gasteiger charge is -2.52. The fraction of sp³-hybridized carbons (Fsp3) is 0.647. The van der Waals surface area contributed by atoms with Crippen LogP contribution in [0.2, 0.25) is 0 Å². The molecule has 0 aromatic heterocycles. The fourth-order valence-corrected chi connectivity index (χ4v) is 3.84. The van der Waals surface area contributed by atoms with Crippen LogP contribution in [0, 0.1) is 0 Å². The van der Waals surface area contributed by atoms with Crippen molar-refractivity contribution < 1.29 is 8.78 Å². The Balaban J connectivity index is 0.00000132. The summed E-state index contributed by atoms with van der Waals surface area (Å²) in [5.74, 6) is 0. The summed E-state index contributed by atoms with van der Waals surface area (Å²) >= 11 is 0. The highest BCUT2D eigenvalue weighted by Crippen LogP contribution is 2.34. The van der Waals surface area contributed by atoms with Crippen molar-refractivity contribution in [3.05, 3.63) is 29.8 Å². The topological polar surface area (TPSA) is 15.3 Å². The molecular formula is C17H26Cl2F2N2. The van der Waals surface area contributed by atoms with E-state index in [9.17, 15) is 8.78 Å². The van der Waals surface area contributed by atoms with Gasteiger partial charge in [-0.25, -0.2) is 8.78 Å². The van der Waals surface area contributed by atoms with Crippen LogP contribution in [0.1, 0.15) is 51.5 Å². The molecule has 6 heteroatoms. The molecule has 132 valence electrons. The fourth-order valence-electron chi connectivity index (χ4n) is 3.84. The second-order valence-corrected chi connectivity index (χ2v) is 7.01. The predicted molar refractivity (Wildman–Crippen MR) is 96.5 cm³/mol. The van der Waals surface area contributed by atoms with Crippen molar-refractivity contribution in [1.82, 2.24) is 5.32 Å². The summed E-state index contributed by atoms with van der Waals surface area (Å²) < 4.78 is 25.4. The van der Waals surface area contributed by atoms with Gasteiger partial charge in [0.2, 0.25) is 0 Å². The highest BCUT2D eigenvalue weighted by atomic mass is 35.5. The third-order valence-corrected chi connectivity index (χ3v) is 4.75. The Bertz CT molecular complexity index is 494. The van der Waals surface area contributed by atoms with Gasteiger partial charge in [0.15, 0.2) is 0 Å². The monoisotopic (exact) mass is 366 g/mol. The van der Waals surface area contributed by atoms with Crippen molar-refractivity contribution in [2.45, 2.75) is 63.6 Å². The third kappa shape index (κ3) is 4.49. The first-order valence-electron chi connectivity index (χ1n) is 7.89. The summed E-state index contributed by atoms with van der Waals surface area (Å²) in [6.45, 7) is 5.36. The molecule has 1 aromatic rings. The van der Waals surface area contributed by atoms with Gasteiger partial charge >= 0.3 is 0 Å². The Morgan fingerprint density at radius 3 is 2.30 bits per heavy atom. The number of halogens is 4. The van der Waals surface area contributed by atoms with Gasteiger partial charge in [0.25, 0.3) is 6.43 Å². The van der Waals surface area contributed by atoms with Gasteiger partial charge in [-0.1, -0.05) is 25.0 Å². The first kappa shape index (κ1) is 20.5. The second-order valence-electron chi connectivity index (χ2n) is 7.01. The number of hydrogen-bond donors (Lipinski definition) is 1. The number of nitrogens with zero attached hydrogens (tertiary/aromatic N) is 1. The minimum absolute atomic E-state index is 0. The Morgan fingerprint density at radius 2 is 1.70 bits per heavy atom. The maximum Gasteiger partial charge on any atom is 0.263 e. The molecule has 0 radical (unpaired) electrons. The van der Waals surface area contributed by atoms with Gasteiger partial charge in [0.05, 0.1) is 0 Å². The predicted octanol–water partition coefficient (Wildman–Crippen LogP) is 4.97. The molecule has 2 fully saturated rings. The van der Waals surface area contributed by atoms with Crippen molar-refractivity contribution in [3.8, 4) is 0 Å². The third-order valence-electron chi connectivity index (χ3n) is 4.75. The van der Waals surface area contributed by atoms with Crippen molar-refractivity contribution in [2.24, 2.45) is 0 Å². The summed E-state index contributed by atoms with van der Waals surface area (Å²) in [5.41, 5.74) is 1.24. The van der Waals surface area contributed by atoms with E-state index in [1.54, 1.807) is 12.1 Å². The number of fused-ring (bicyclic) bond motifs is 1. The smallest absolute Gasteiger partial charge is 0.263 e. The van der Waals surface area contributed by atoms with E-state index in [4.69, 9.17) is 0 Å². The minimum Gasteiger partial charge on any atom is -0.365 e. The number of nitrogens with one attached hydrogen (secondary N) is 1. The largest absolute Gasteiger partial charge is 0.365 e. The lowest BCUT2D eigenvalue weighted by molar-refractivity contribution is 0.151. The number of benzene rings is 1. The van der Waals surface area contributed by atoms with E-state index in [1.165, 1.54) is 25.7 Å². The van der Waals surface area contributed by atoms with Crippen LogP contribution in [-0.4, -0.2) is 24.2 Å². The molecule has 1 aliphatic carbocycles. The molecule has 2 atom stereocenters. The van der Waals surface area contributed by atoms with Gasteiger partial charge in [-0.3, -0.25) is 0 Å². The van der Waals surface area contributed by atoms with Crippen molar-refractivity contribution in [1.29, 1.82) is 0 Å². The number of anilines is 1. The normalized spacial score (nSPS) is 26.0. The molecule has 3 rings (SSSR count). The van der Waals surface area contributed by atoms with E-state index in [0.717, 1.165) is 12.2 Å². The Kier molecular flexibility index (Phi) is 7.12. The molecule has 2 nitrogen and oxygen atoms in total. The molecule has 0 unspecified atom stereocenters. The summed E-state index contributed by atoms with van der Waals surface area (Å²) in [5, 5.41) is 3.76. The maximum atomic E-state index is 12.7. The van der Waals surface area contributed by atoms with Crippen LogP contribution in [0.25, 0.3) is 0 Å². The maximum absolute atomic E-state index is 12.7. The molecule has 1 heterocycles. The van der Waals surface area contributed by atoms with E-state index in [-0.39, 0.29) is 35.9 Å². The second kappa shape index (κ2) is 8.00.